The maximum absolute atomic E-state index is 6.80. The predicted molar refractivity (Wildman–Crippen MR) is 192 cm³/mol. The molecular formula is C31H9Cl8N8Zn-. The molecule has 0 saturated heterocycles. The molecule has 2 N–H and O–H groups in total. The molecule has 8 rings (SSSR count). The van der Waals surface area contributed by atoms with Gasteiger partial charge in [0.1, 0.15) is 0 Å². The molecule has 0 spiro atoms. The molecule has 0 unspecified atom stereocenters. The molecule has 2 aliphatic rings. The third kappa shape index (κ3) is 5.18. The van der Waals surface area contributed by atoms with Crippen molar-refractivity contribution in [2.45, 2.75) is 0 Å². The van der Waals surface area contributed by atoms with E-state index in [9.17, 15) is 0 Å². The summed E-state index contributed by atoms with van der Waals surface area (Å²) in [6.45, 7) is 0. The summed E-state index contributed by atoms with van der Waals surface area (Å²) >= 11 is 53.5. The third-order valence-corrected chi connectivity index (χ3v) is 12.0. The first-order valence-electron chi connectivity index (χ1n) is 13.6. The fourth-order valence-corrected chi connectivity index (χ4v) is 7.78. The number of aromatic amines is 2. The van der Waals surface area contributed by atoms with Crippen LogP contribution in [0.5, 0.6) is 0 Å². The zero-order valence-corrected chi connectivity index (χ0v) is 32.5. The van der Waals surface area contributed by atoms with Gasteiger partial charge in [0.2, 0.25) is 0 Å². The van der Waals surface area contributed by atoms with Crippen LogP contribution < -0.4 is 0 Å². The Hall–Kier alpha value is -2.69. The van der Waals surface area contributed by atoms with Gasteiger partial charge in [-0.3, -0.25) is 0 Å². The van der Waals surface area contributed by atoms with Crippen LogP contribution in [0.2, 0.25) is 25.1 Å². The number of allylic oxidation sites excluding steroid dienone is 1. The minimum absolute atomic E-state index is 0.0167. The van der Waals surface area contributed by atoms with Crippen LogP contribution in [-0.4, -0.2) is 43.4 Å². The van der Waals surface area contributed by atoms with Gasteiger partial charge in [-0.15, -0.1) is 0 Å². The Morgan fingerprint density at radius 2 is 1.19 bits per heavy atom. The first-order valence-corrected chi connectivity index (χ1v) is 18.1. The molecule has 8 nitrogen and oxygen atoms in total. The Labute approximate surface area is 319 Å². The van der Waals surface area contributed by atoms with Gasteiger partial charge < -0.3 is 0 Å². The number of halogens is 8. The molecule has 6 aromatic rings. The van der Waals surface area contributed by atoms with Crippen molar-refractivity contribution in [2.24, 2.45) is 0 Å². The zero-order valence-electron chi connectivity index (χ0n) is 23.5. The topological polar surface area (TPSA) is 109 Å². The fraction of sp³-hybridized carbons (Fsp3) is 0. The maximum atomic E-state index is 6.80. The van der Waals surface area contributed by atoms with E-state index < -0.39 is 0 Å². The normalized spacial score (nSPS) is 12.6. The van der Waals surface area contributed by atoms with Gasteiger partial charge in [-0.1, -0.05) is 23.7 Å². The van der Waals surface area contributed by atoms with Gasteiger partial charge in [-0.25, -0.2) is 0 Å². The van der Waals surface area contributed by atoms with E-state index in [4.69, 9.17) is 123 Å². The summed E-state index contributed by atoms with van der Waals surface area (Å²) in [5, 5.41) is 2.12. The standard InChI is InChI=1S/C31H9Cl8N8.Zn/c32-9-15(34)20(35)13-8-16-40-25-10-4-1-2-5-11(10)26(42-25)43-27-12-6-3-7-14(33)17(12)29(44-27)46-31-19-18(30(47-31)45-28(13)41-16)21(36)23(38)24(39)22(19)37;/h1-7H,(H2,40,41,42,43,44,45,46,47);/q-1;/b20-15-;. The van der Waals surface area contributed by atoms with Gasteiger partial charge in [0.15, 0.2) is 0 Å². The summed E-state index contributed by atoms with van der Waals surface area (Å²) < 4.78 is 0.374. The van der Waals surface area contributed by atoms with E-state index in [2.05, 4.69) is 16.0 Å². The molecule has 3 aromatic carbocycles. The van der Waals surface area contributed by atoms with Crippen LogP contribution in [-0.2, 0) is 17.9 Å². The van der Waals surface area contributed by atoms with E-state index in [1.807, 2.05) is 36.4 Å². The fourth-order valence-electron chi connectivity index (χ4n) is 5.40. The summed E-state index contributed by atoms with van der Waals surface area (Å²) in [6, 6.07) is 16.2. The number of fused-ring (bicyclic) bond motifs is 17. The Morgan fingerprint density at radius 3 is 1.83 bits per heavy atom. The van der Waals surface area contributed by atoms with Gasteiger partial charge in [0.25, 0.3) is 0 Å². The number of benzene rings is 3. The van der Waals surface area contributed by atoms with E-state index >= 15 is 0 Å². The van der Waals surface area contributed by atoms with Crippen molar-refractivity contribution >= 4 is 135 Å². The van der Waals surface area contributed by atoms with E-state index in [1.54, 1.807) is 6.07 Å². The summed E-state index contributed by atoms with van der Waals surface area (Å²) in [5.74, 6) is 1.01. The van der Waals surface area contributed by atoms with Crippen molar-refractivity contribution in [2.75, 3.05) is 0 Å². The van der Waals surface area contributed by atoms with Crippen molar-refractivity contribution in [1.82, 2.24) is 39.9 Å². The monoisotopic (exact) mass is 837 g/mol. The summed E-state index contributed by atoms with van der Waals surface area (Å²) in [4.78, 5) is 35.4. The molecule has 0 saturated carbocycles. The van der Waals surface area contributed by atoms with E-state index in [1.165, 1.54) is 0 Å². The van der Waals surface area contributed by atoms with Crippen molar-refractivity contribution < 1.29 is 17.9 Å². The second-order valence-corrected chi connectivity index (χ2v) is 15.9. The summed E-state index contributed by atoms with van der Waals surface area (Å²) in [6.07, 6.45) is 0. The molecule has 0 radical (unpaired) electrons. The molecule has 48 heavy (non-hydrogen) atoms. The van der Waals surface area contributed by atoms with Crippen LogP contribution in [0.3, 0.4) is 0 Å². The third-order valence-electron chi connectivity index (χ3n) is 7.53. The SMILES string of the molecule is Cl[C](=[Zn])/C(Cl)=C(/Cl)c1[c-]c2nc3nc(nc4[nH]c(nc5nc(nc1[nH]2)-c1c(Cl)c(Cl)c(Cl)c(Cl)c1-5)c1c(Cl)cccc41)-c1ccccc1-3. The van der Waals surface area contributed by atoms with Crippen molar-refractivity contribution in [1.29, 1.82) is 0 Å². The van der Waals surface area contributed by atoms with Gasteiger partial charge in [-0.2, -0.15) is 0 Å². The van der Waals surface area contributed by atoms with E-state index in [0.717, 1.165) is 11.1 Å². The van der Waals surface area contributed by atoms with Crippen LogP contribution in [0, 0.1) is 6.07 Å². The van der Waals surface area contributed by atoms with Gasteiger partial charge in [0, 0.05) is 5.39 Å². The number of hydrogen-bond acceptors (Lipinski definition) is 6. The molecule has 232 valence electrons. The molecule has 17 heteroatoms. The van der Waals surface area contributed by atoms with Gasteiger partial charge >= 0.3 is 282 Å². The molecule has 0 atom stereocenters. The average Bonchev–Trinajstić information content (AvgIpc) is 3.82. The molecule has 5 heterocycles. The average molecular weight is 842 g/mol. The molecule has 0 fully saturated rings. The second-order valence-electron chi connectivity index (χ2n) is 10.4. The number of nitrogens with zero attached hydrogens (tertiary/aromatic N) is 6. The number of nitrogens with one attached hydrogen (secondary N) is 2. The molecule has 0 amide bonds. The van der Waals surface area contributed by atoms with Crippen LogP contribution in [0.1, 0.15) is 5.56 Å². The number of aromatic nitrogens is 8. The Balaban J connectivity index is 1.61. The first kappa shape index (κ1) is 32.5. The van der Waals surface area contributed by atoms with Crippen molar-refractivity contribution in [3.63, 3.8) is 0 Å². The Morgan fingerprint density at radius 1 is 0.604 bits per heavy atom. The summed E-state index contributed by atoms with van der Waals surface area (Å²) in [7, 11) is 0. The molecule has 8 bridgehead atoms. The molecule has 2 aliphatic heterocycles. The quantitative estimate of drug-likeness (QED) is 0.0776. The minimum atomic E-state index is 0.0167. The van der Waals surface area contributed by atoms with Crippen molar-refractivity contribution in [3.05, 3.63) is 84.2 Å². The molecule has 3 aromatic heterocycles. The molecule has 0 aliphatic carbocycles. The van der Waals surface area contributed by atoms with Gasteiger partial charge in [0.05, 0.1) is 5.02 Å². The van der Waals surface area contributed by atoms with E-state index in [-0.39, 0.29) is 64.2 Å². The number of rotatable bonds is 2. The van der Waals surface area contributed by atoms with Crippen molar-refractivity contribution in [3.8, 4) is 45.6 Å². The van der Waals surface area contributed by atoms with Gasteiger partial charge in [-0.05, 0) is 6.07 Å². The predicted octanol–water partition coefficient (Wildman–Crippen LogP) is 10.8. The number of H-pyrrole nitrogens is 2. The first-order chi connectivity index (χ1) is 23.0. The Kier molecular flexibility index (Phi) is 8.31. The number of hydrogen-bond donors (Lipinski definition) is 2. The van der Waals surface area contributed by atoms with Crippen LogP contribution >= 0.6 is 92.8 Å². The second kappa shape index (κ2) is 12.3. The summed E-state index contributed by atoms with van der Waals surface area (Å²) in [5.41, 5.74) is 3.59. The zero-order chi connectivity index (χ0) is 33.6. The van der Waals surface area contributed by atoms with Crippen LogP contribution in [0.15, 0.2) is 47.5 Å². The molecular weight excluding hydrogens is 833 g/mol. The van der Waals surface area contributed by atoms with E-state index in [0.29, 0.717) is 65.7 Å². The van der Waals surface area contributed by atoms with Crippen LogP contribution in [0.25, 0.3) is 83.9 Å². The van der Waals surface area contributed by atoms with Crippen LogP contribution in [0.4, 0.5) is 0 Å². The Bertz CT molecular complexity index is 2650.